The highest BCUT2D eigenvalue weighted by atomic mass is 35.5. The molecule has 0 spiro atoms. The van der Waals surface area contributed by atoms with Crippen LogP contribution in [0.15, 0.2) is 17.0 Å². The quantitative estimate of drug-likeness (QED) is 0.801. The zero-order valence-electron chi connectivity index (χ0n) is 11.6. The Morgan fingerprint density at radius 1 is 1.38 bits per heavy atom. The van der Waals surface area contributed by atoms with Gasteiger partial charge in [-0.15, -0.1) is 0 Å². The lowest BCUT2D eigenvalue weighted by atomic mass is 10.2. The monoisotopic (exact) mass is 350 g/mol. The number of rotatable bonds is 4. The molecule has 3 N–H and O–H groups in total. The van der Waals surface area contributed by atoms with Crippen molar-refractivity contribution in [3.63, 3.8) is 0 Å². The molecule has 0 aliphatic carbocycles. The number of hydrogen-bond acceptors (Lipinski definition) is 4. The molecule has 1 aromatic rings. The molecule has 116 valence electrons. The van der Waals surface area contributed by atoms with Crippen LogP contribution in [-0.2, 0) is 10.0 Å². The molecule has 1 aromatic carbocycles. The van der Waals surface area contributed by atoms with Crippen molar-refractivity contribution < 1.29 is 13.5 Å². The SMILES string of the molecule is CC(CO)N(C)S(=O)(=O)c1c(Cl)cc(C#CCN)cc1Cl. The summed E-state index contributed by atoms with van der Waals surface area (Å²) in [6.45, 7) is 1.43. The van der Waals surface area contributed by atoms with Crippen LogP contribution < -0.4 is 5.73 Å². The molecular weight excluding hydrogens is 335 g/mol. The molecule has 21 heavy (non-hydrogen) atoms. The molecule has 0 heterocycles. The van der Waals surface area contributed by atoms with Gasteiger partial charge >= 0.3 is 0 Å². The first-order chi connectivity index (χ1) is 9.75. The zero-order valence-corrected chi connectivity index (χ0v) is 13.9. The number of aliphatic hydroxyl groups is 1. The summed E-state index contributed by atoms with van der Waals surface area (Å²) in [5.41, 5.74) is 5.75. The van der Waals surface area contributed by atoms with Crippen molar-refractivity contribution in [3.8, 4) is 11.8 Å². The fourth-order valence-corrected chi connectivity index (χ4v) is 4.04. The Morgan fingerprint density at radius 2 is 1.90 bits per heavy atom. The second-order valence-electron chi connectivity index (χ2n) is 4.33. The van der Waals surface area contributed by atoms with Gasteiger partial charge in [0.15, 0.2) is 0 Å². The fourth-order valence-electron chi connectivity index (χ4n) is 1.53. The van der Waals surface area contributed by atoms with E-state index in [0.29, 0.717) is 5.56 Å². The third kappa shape index (κ3) is 4.10. The Hall–Kier alpha value is -0.810. The number of likely N-dealkylation sites (N-methyl/N-ethyl adjacent to an activating group) is 1. The van der Waals surface area contributed by atoms with Crippen LogP contribution in [-0.4, -0.2) is 44.1 Å². The molecule has 0 aliphatic rings. The minimum absolute atomic E-state index is 0.0270. The Morgan fingerprint density at radius 3 is 2.33 bits per heavy atom. The van der Waals surface area contributed by atoms with Crippen molar-refractivity contribution in [2.24, 2.45) is 5.73 Å². The molecule has 0 fully saturated rings. The Balaban J connectivity index is 3.38. The van der Waals surface area contributed by atoms with Gasteiger partial charge in [0.05, 0.1) is 23.2 Å². The summed E-state index contributed by atoms with van der Waals surface area (Å²) in [5, 5.41) is 9.04. The van der Waals surface area contributed by atoms with Crippen LogP contribution in [0.3, 0.4) is 0 Å². The lowest BCUT2D eigenvalue weighted by Gasteiger charge is -2.23. The Labute approximate surface area is 134 Å². The summed E-state index contributed by atoms with van der Waals surface area (Å²) in [7, 11) is -2.56. The van der Waals surface area contributed by atoms with Crippen molar-refractivity contribution in [2.45, 2.75) is 17.9 Å². The van der Waals surface area contributed by atoms with E-state index < -0.39 is 16.1 Å². The van der Waals surface area contributed by atoms with Crippen LogP contribution in [0.25, 0.3) is 0 Å². The number of nitrogens with two attached hydrogens (primary N) is 1. The zero-order chi connectivity index (χ0) is 16.2. The summed E-state index contributed by atoms with van der Waals surface area (Å²) in [4.78, 5) is -0.202. The molecule has 5 nitrogen and oxygen atoms in total. The van der Waals surface area contributed by atoms with Crippen LogP contribution >= 0.6 is 23.2 Å². The highest BCUT2D eigenvalue weighted by Crippen LogP contribution is 2.33. The number of aliphatic hydroxyl groups excluding tert-OH is 1. The number of hydrogen-bond donors (Lipinski definition) is 2. The van der Waals surface area contributed by atoms with Crippen molar-refractivity contribution in [3.05, 3.63) is 27.7 Å². The average molecular weight is 351 g/mol. The van der Waals surface area contributed by atoms with Crippen molar-refractivity contribution in [1.29, 1.82) is 0 Å². The molecular formula is C13H16Cl2N2O3S. The number of halogens is 2. The largest absolute Gasteiger partial charge is 0.395 e. The second-order valence-corrected chi connectivity index (χ2v) is 7.08. The lowest BCUT2D eigenvalue weighted by Crippen LogP contribution is -2.37. The molecule has 0 radical (unpaired) electrons. The molecule has 0 aliphatic heterocycles. The summed E-state index contributed by atoms with van der Waals surface area (Å²) < 4.78 is 26.0. The summed E-state index contributed by atoms with van der Waals surface area (Å²) >= 11 is 12.1. The van der Waals surface area contributed by atoms with E-state index in [1.54, 1.807) is 6.92 Å². The highest BCUT2D eigenvalue weighted by Gasteiger charge is 2.29. The topological polar surface area (TPSA) is 83.6 Å². The van der Waals surface area contributed by atoms with E-state index in [1.807, 2.05) is 0 Å². The third-order valence-corrected chi connectivity index (χ3v) is 5.75. The van der Waals surface area contributed by atoms with E-state index in [1.165, 1.54) is 19.2 Å². The van der Waals surface area contributed by atoms with E-state index in [2.05, 4.69) is 11.8 Å². The van der Waals surface area contributed by atoms with Crippen molar-refractivity contribution in [1.82, 2.24) is 4.31 Å². The molecule has 0 saturated heterocycles. The maximum absolute atomic E-state index is 12.5. The van der Waals surface area contributed by atoms with Gasteiger partial charge in [-0.3, -0.25) is 0 Å². The van der Waals surface area contributed by atoms with Gasteiger partial charge in [-0.25, -0.2) is 8.42 Å². The highest BCUT2D eigenvalue weighted by molar-refractivity contribution is 7.89. The molecule has 8 heteroatoms. The lowest BCUT2D eigenvalue weighted by molar-refractivity contribution is 0.214. The van der Waals surface area contributed by atoms with Crippen molar-refractivity contribution >= 4 is 33.2 Å². The molecule has 0 aromatic heterocycles. The molecule has 0 amide bonds. The summed E-state index contributed by atoms with van der Waals surface area (Å²) in [6.07, 6.45) is 0. The number of benzene rings is 1. The first-order valence-electron chi connectivity index (χ1n) is 6.02. The van der Waals surface area contributed by atoms with Crippen LogP contribution in [0.1, 0.15) is 12.5 Å². The van der Waals surface area contributed by atoms with Crippen LogP contribution in [0, 0.1) is 11.8 Å². The van der Waals surface area contributed by atoms with E-state index in [4.69, 9.17) is 34.0 Å². The van der Waals surface area contributed by atoms with Gasteiger partial charge in [-0.2, -0.15) is 4.31 Å². The van der Waals surface area contributed by atoms with Gasteiger partial charge in [0.2, 0.25) is 10.0 Å². The standard InChI is InChI=1S/C13H16Cl2N2O3S/c1-9(8-18)17(2)21(19,20)13-11(14)6-10(4-3-5-16)7-12(13)15/h6-7,9,18H,5,8,16H2,1-2H3. The van der Waals surface area contributed by atoms with Gasteiger partial charge in [0, 0.05) is 18.7 Å². The maximum Gasteiger partial charge on any atom is 0.246 e. The van der Waals surface area contributed by atoms with Gasteiger partial charge in [0.25, 0.3) is 0 Å². The maximum atomic E-state index is 12.5. The molecule has 1 unspecified atom stereocenters. The van der Waals surface area contributed by atoms with Crippen LogP contribution in [0.5, 0.6) is 0 Å². The number of nitrogens with zero attached hydrogens (tertiary/aromatic N) is 1. The Kier molecular flexibility index (Phi) is 6.47. The van der Waals surface area contributed by atoms with Crippen LogP contribution in [0.4, 0.5) is 0 Å². The molecule has 1 atom stereocenters. The van der Waals surface area contributed by atoms with Gasteiger partial charge in [-0.05, 0) is 19.1 Å². The van der Waals surface area contributed by atoms with Crippen molar-refractivity contribution in [2.75, 3.05) is 20.2 Å². The summed E-state index contributed by atoms with van der Waals surface area (Å²) in [5.74, 6) is 5.37. The molecule has 1 rings (SSSR count). The van der Waals surface area contributed by atoms with Gasteiger partial charge < -0.3 is 10.8 Å². The van der Waals surface area contributed by atoms with E-state index in [9.17, 15) is 8.42 Å². The third-order valence-electron chi connectivity index (χ3n) is 2.86. The van der Waals surface area contributed by atoms with E-state index in [0.717, 1.165) is 4.31 Å². The van der Waals surface area contributed by atoms with Crippen LogP contribution in [0.2, 0.25) is 10.0 Å². The first-order valence-corrected chi connectivity index (χ1v) is 8.22. The number of sulfonamides is 1. The Bertz CT molecular complexity index is 657. The predicted molar refractivity (Wildman–Crippen MR) is 83.9 cm³/mol. The smallest absolute Gasteiger partial charge is 0.246 e. The minimum Gasteiger partial charge on any atom is -0.395 e. The van der Waals surface area contributed by atoms with Gasteiger partial charge in [-0.1, -0.05) is 35.0 Å². The molecule has 0 saturated carbocycles. The average Bonchev–Trinajstić information content (AvgIpc) is 2.42. The van der Waals surface area contributed by atoms with E-state index >= 15 is 0 Å². The van der Waals surface area contributed by atoms with E-state index in [-0.39, 0.29) is 28.1 Å². The summed E-state index contributed by atoms with van der Waals surface area (Å²) in [6, 6.07) is 2.24. The predicted octanol–water partition coefficient (Wildman–Crippen LogP) is 1.30. The second kappa shape index (κ2) is 7.45. The normalized spacial score (nSPS) is 12.9. The minimum atomic E-state index is -3.91. The molecule has 0 bridgehead atoms. The van der Waals surface area contributed by atoms with Gasteiger partial charge in [0.1, 0.15) is 4.90 Å². The fraction of sp³-hybridized carbons (Fsp3) is 0.385. The first kappa shape index (κ1) is 18.2.